The van der Waals surface area contributed by atoms with Crippen LogP contribution in [0.3, 0.4) is 0 Å². The molecule has 1 fully saturated rings. The van der Waals surface area contributed by atoms with E-state index in [0.717, 1.165) is 11.4 Å². The molecule has 1 atom stereocenters. The average molecular weight is 276 g/mol. The minimum atomic E-state index is -0.440. The van der Waals surface area contributed by atoms with Crippen molar-refractivity contribution in [2.75, 3.05) is 37.4 Å². The Morgan fingerprint density at radius 2 is 2.00 bits per heavy atom. The van der Waals surface area contributed by atoms with Crippen molar-refractivity contribution < 1.29 is 9.59 Å². The van der Waals surface area contributed by atoms with E-state index in [4.69, 9.17) is 0 Å². The Hall–Kier alpha value is -2.08. The van der Waals surface area contributed by atoms with E-state index in [9.17, 15) is 9.59 Å². The number of hydrogen-bond donors (Lipinski definition) is 3. The molecule has 0 unspecified atom stereocenters. The Labute approximate surface area is 118 Å². The van der Waals surface area contributed by atoms with Crippen LogP contribution in [0.2, 0.25) is 0 Å². The predicted molar refractivity (Wildman–Crippen MR) is 78.8 cm³/mol. The highest BCUT2D eigenvalue weighted by Crippen LogP contribution is 2.15. The molecule has 0 radical (unpaired) electrons. The molecule has 20 heavy (non-hydrogen) atoms. The average Bonchev–Trinajstić information content (AvgIpc) is 2.42. The fraction of sp³-hybridized carbons (Fsp3) is 0.429. The van der Waals surface area contributed by atoms with Gasteiger partial charge in [0, 0.05) is 38.6 Å². The number of nitrogens with one attached hydrogen (secondary N) is 3. The largest absolute Gasteiger partial charge is 0.378 e. The van der Waals surface area contributed by atoms with Crippen molar-refractivity contribution in [1.82, 2.24) is 10.6 Å². The van der Waals surface area contributed by atoms with E-state index >= 15 is 0 Å². The first kappa shape index (κ1) is 14.3. The summed E-state index contributed by atoms with van der Waals surface area (Å²) in [7, 11) is 3.92. The molecule has 1 aromatic carbocycles. The Morgan fingerprint density at radius 1 is 1.30 bits per heavy atom. The molecule has 0 spiro atoms. The Balaban J connectivity index is 1.89. The number of rotatable bonds is 4. The number of carbonyl (C=O) groups excluding carboxylic acids is 2. The van der Waals surface area contributed by atoms with E-state index in [0.29, 0.717) is 13.1 Å². The summed E-state index contributed by atoms with van der Waals surface area (Å²) in [5.74, 6) is -0.286. The molecule has 3 N–H and O–H groups in total. The molecule has 6 nitrogen and oxygen atoms in total. The van der Waals surface area contributed by atoms with Gasteiger partial charge in [-0.25, -0.2) is 0 Å². The third-order valence-electron chi connectivity index (χ3n) is 3.19. The molecule has 1 aliphatic rings. The van der Waals surface area contributed by atoms with Crippen LogP contribution in [0, 0.1) is 0 Å². The van der Waals surface area contributed by atoms with Gasteiger partial charge in [0.05, 0.1) is 12.5 Å². The van der Waals surface area contributed by atoms with E-state index < -0.39 is 6.04 Å². The van der Waals surface area contributed by atoms with Gasteiger partial charge < -0.3 is 20.9 Å². The van der Waals surface area contributed by atoms with Crippen molar-refractivity contribution in [3.63, 3.8) is 0 Å². The lowest BCUT2D eigenvalue weighted by Gasteiger charge is -2.22. The zero-order valence-corrected chi connectivity index (χ0v) is 11.8. The number of carbonyl (C=O) groups is 2. The minimum absolute atomic E-state index is 0.116. The maximum absolute atomic E-state index is 11.9. The van der Waals surface area contributed by atoms with Gasteiger partial charge in [-0.15, -0.1) is 0 Å². The highest BCUT2D eigenvalue weighted by atomic mass is 16.2. The molecule has 6 heteroatoms. The Bertz CT molecular complexity index is 484. The highest BCUT2D eigenvalue weighted by molar-refractivity contribution is 5.95. The Morgan fingerprint density at radius 3 is 2.60 bits per heavy atom. The third kappa shape index (κ3) is 3.71. The topological polar surface area (TPSA) is 73.5 Å². The first-order valence-corrected chi connectivity index (χ1v) is 6.64. The maximum Gasteiger partial charge on any atom is 0.237 e. The van der Waals surface area contributed by atoms with Crippen molar-refractivity contribution in [2.45, 2.75) is 12.5 Å². The number of amides is 2. The second-order valence-corrected chi connectivity index (χ2v) is 4.99. The van der Waals surface area contributed by atoms with E-state index in [-0.39, 0.29) is 18.2 Å². The van der Waals surface area contributed by atoms with Crippen molar-refractivity contribution in [3.8, 4) is 0 Å². The summed E-state index contributed by atoms with van der Waals surface area (Å²) < 4.78 is 0. The van der Waals surface area contributed by atoms with Gasteiger partial charge in [-0.05, 0) is 24.3 Å². The minimum Gasteiger partial charge on any atom is -0.378 e. The number of benzene rings is 1. The molecule has 1 aromatic rings. The van der Waals surface area contributed by atoms with Crippen LogP contribution in [0.1, 0.15) is 6.42 Å². The predicted octanol–water partition coefficient (Wildman–Crippen LogP) is 0.169. The number of nitrogens with zero attached hydrogens (tertiary/aromatic N) is 1. The van der Waals surface area contributed by atoms with Gasteiger partial charge in [-0.3, -0.25) is 9.59 Å². The van der Waals surface area contributed by atoms with Crippen LogP contribution in [0.25, 0.3) is 0 Å². The van der Waals surface area contributed by atoms with Crippen LogP contribution in [-0.2, 0) is 9.59 Å². The molecule has 1 heterocycles. The molecule has 0 saturated carbocycles. The van der Waals surface area contributed by atoms with Crippen LogP contribution in [0.4, 0.5) is 11.4 Å². The van der Waals surface area contributed by atoms with E-state index in [1.165, 1.54) is 0 Å². The van der Waals surface area contributed by atoms with Gasteiger partial charge in [0.2, 0.25) is 11.8 Å². The monoisotopic (exact) mass is 276 g/mol. The fourth-order valence-corrected chi connectivity index (χ4v) is 2.05. The van der Waals surface area contributed by atoms with Gasteiger partial charge in [0.25, 0.3) is 0 Å². The van der Waals surface area contributed by atoms with E-state index in [1.54, 1.807) is 0 Å². The Kier molecular flexibility index (Phi) is 4.57. The number of anilines is 2. The first-order valence-electron chi connectivity index (χ1n) is 6.64. The summed E-state index contributed by atoms with van der Waals surface area (Å²) in [6.07, 6.45) is 0.140. The summed E-state index contributed by atoms with van der Waals surface area (Å²) in [5.41, 5.74) is 1.80. The van der Waals surface area contributed by atoms with Gasteiger partial charge in [-0.1, -0.05) is 0 Å². The SMILES string of the molecule is CN(C)c1ccc(NC(=O)C[C@H]2NCCNC2=O)cc1. The maximum atomic E-state index is 11.9. The summed E-state index contributed by atoms with van der Waals surface area (Å²) in [5, 5.41) is 8.56. The molecule has 1 saturated heterocycles. The lowest BCUT2D eigenvalue weighted by molar-refractivity contribution is -0.127. The zero-order valence-electron chi connectivity index (χ0n) is 11.8. The lowest BCUT2D eigenvalue weighted by atomic mass is 10.1. The van der Waals surface area contributed by atoms with Crippen LogP contribution in [0.5, 0.6) is 0 Å². The molecule has 2 rings (SSSR count). The molecule has 1 aliphatic heterocycles. The normalized spacial score (nSPS) is 18.3. The van der Waals surface area contributed by atoms with Gasteiger partial charge in [0.1, 0.15) is 0 Å². The van der Waals surface area contributed by atoms with Crippen molar-refractivity contribution in [1.29, 1.82) is 0 Å². The van der Waals surface area contributed by atoms with Gasteiger partial charge in [-0.2, -0.15) is 0 Å². The van der Waals surface area contributed by atoms with Crippen molar-refractivity contribution in [2.24, 2.45) is 0 Å². The fourth-order valence-electron chi connectivity index (χ4n) is 2.05. The van der Waals surface area contributed by atoms with Crippen molar-refractivity contribution >= 4 is 23.2 Å². The summed E-state index contributed by atoms with van der Waals surface area (Å²) in [6.45, 7) is 1.31. The third-order valence-corrected chi connectivity index (χ3v) is 3.19. The zero-order chi connectivity index (χ0) is 14.5. The van der Waals surface area contributed by atoms with E-state index in [1.807, 2.05) is 43.3 Å². The molecule has 0 aromatic heterocycles. The van der Waals surface area contributed by atoms with Gasteiger partial charge in [0.15, 0.2) is 0 Å². The first-order chi connectivity index (χ1) is 9.56. The second kappa shape index (κ2) is 6.38. The van der Waals surface area contributed by atoms with Gasteiger partial charge >= 0.3 is 0 Å². The lowest BCUT2D eigenvalue weighted by Crippen LogP contribution is -2.53. The summed E-state index contributed by atoms with van der Waals surface area (Å²) in [4.78, 5) is 25.4. The molecule has 2 amide bonds. The second-order valence-electron chi connectivity index (χ2n) is 4.99. The quantitative estimate of drug-likeness (QED) is 0.733. The number of hydrogen-bond acceptors (Lipinski definition) is 4. The van der Waals surface area contributed by atoms with Crippen molar-refractivity contribution in [3.05, 3.63) is 24.3 Å². The smallest absolute Gasteiger partial charge is 0.237 e. The summed E-state index contributed by atoms with van der Waals surface area (Å²) >= 11 is 0. The van der Waals surface area contributed by atoms with Crippen LogP contribution < -0.4 is 20.9 Å². The molecule has 0 aliphatic carbocycles. The highest BCUT2D eigenvalue weighted by Gasteiger charge is 2.23. The molecular weight excluding hydrogens is 256 g/mol. The molecule has 0 bridgehead atoms. The van der Waals surface area contributed by atoms with Crippen LogP contribution >= 0.6 is 0 Å². The van der Waals surface area contributed by atoms with E-state index in [2.05, 4.69) is 16.0 Å². The number of piperazine rings is 1. The van der Waals surface area contributed by atoms with Crippen LogP contribution in [-0.4, -0.2) is 45.0 Å². The standard InChI is InChI=1S/C14H20N4O2/c1-18(2)11-5-3-10(4-6-11)17-13(19)9-12-14(20)16-8-7-15-12/h3-6,12,15H,7-9H2,1-2H3,(H,16,20)(H,17,19)/t12-/m1/s1. The van der Waals surface area contributed by atoms with Crippen LogP contribution in [0.15, 0.2) is 24.3 Å². The summed E-state index contributed by atoms with van der Waals surface area (Å²) in [6, 6.07) is 7.12. The molecular formula is C14H20N4O2. The molecule has 108 valence electrons.